The Hall–Kier alpha value is -0.560. The molecule has 0 aromatic rings. The Bertz CT molecular complexity index is 232. The van der Waals surface area contributed by atoms with Crippen LogP contribution in [-0.4, -0.2) is 11.2 Å². The van der Waals surface area contributed by atoms with E-state index < -0.39 is 0 Å². The molecule has 0 aliphatic heterocycles. The predicted octanol–water partition coefficient (Wildman–Crippen LogP) is 6.57. The lowest BCUT2D eigenvalue weighted by atomic mass is 10.0. The maximum absolute atomic E-state index is 9.87. The second kappa shape index (κ2) is 17.5. The third-order valence-electron chi connectivity index (χ3n) is 4.03. The van der Waals surface area contributed by atoms with Crippen LogP contribution in [-0.2, 0) is 0 Å². The molecular formula is C20H38O. The van der Waals surface area contributed by atoms with Crippen molar-refractivity contribution >= 4 is 0 Å². The van der Waals surface area contributed by atoms with Gasteiger partial charge in [-0.1, -0.05) is 89.4 Å². The first-order valence-corrected chi connectivity index (χ1v) is 9.25. The van der Waals surface area contributed by atoms with E-state index in [0.29, 0.717) is 0 Å². The first-order valence-electron chi connectivity index (χ1n) is 9.25. The molecule has 1 nitrogen and oxygen atoms in total. The Morgan fingerprint density at radius 3 is 1.95 bits per heavy atom. The summed E-state index contributed by atoms with van der Waals surface area (Å²) in [5.74, 6) is 0. The Kier molecular flexibility index (Phi) is 17.0. The molecule has 0 fully saturated rings. The SMILES string of the molecule is C=CCC=CCCC(O)CCCCCCCCCCCC. The van der Waals surface area contributed by atoms with Crippen molar-refractivity contribution in [2.45, 2.75) is 103 Å². The van der Waals surface area contributed by atoms with Gasteiger partial charge >= 0.3 is 0 Å². The van der Waals surface area contributed by atoms with Crippen LogP contribution in [0.3, 0.4) is 0 Å². The molecule has 0 saturated carbocycles. The summed E-state index contributed by atoms with van der Waals surface area (Å²) in [7, 11) is 0. The van der Waals surface area contributed by atoms with Crippen molar-refractivity contribution in [1.82, 2.24) is 0 Å². The van der Waals surface area contributed by atoms with E-state index in [1.807, 2.05) is 6.08 Å². The molecule has 0 aliphatic rings. The van der Waals surface area contributed by atoms with Gasteiger partial charge < -0.3 is 5.11 Å². The molecule has 1 atom stereocenters. The number of aliphatic hydroxyl groups is 1. The summed E-state index contributed by atoms with van der Waals surface area (Å²) in [6.45, 7) is 5.95. The van der Waals surface area contributed by atoms with Gasteiger partial charge in [-0.15, -0.1) is 6.58 Å². The summed E-state index contributed by atoms with van der Waals surface area (Å²) in [5.41, 5.74) is 0. The molecule has 0 rings (SSSR count). The van der Waals surface area contributed by atoms with E-state index in [-0.39, 0.29) is 6.10 Å². The van der Waals surface area contributed by atoms with E-state index in [1.165, 1.54) is 64.2 Å². The van der Waals surface area contributed by atoms with E-state index in [2.05, 4.69) is 25.7 Å². The molecule has 0 heterocycles. The average molecular weight is 295 g/mol. The maximum Gasteiger partial charge on any atom is 0.0543 e. The van der Waals surface area contributed by atoms with Gasteiger partial charge in [0.1, 0.15) is 0 Å². The van der Waals surface area contributed by atoms with Crippen LogP contribution < -0.4 is 0 Å². The Morgan fingerprint density at radius 1 is 0.810 bits per heavy atom. The first-order chi connectivity index (χ1) is 10.3. The van der Waals surface area contributed by atoms with Crippen molar-refractivity contribution in [3.63, 3.8) is 0 Å². The number of hydrogen-bond acceptors (Lipinski definition) is 1. The van der Waals surface area contributed by atoms with Gasteiger partial charge in [-0.25, -0.2) is 0 Å². The number of unbranched alkanes of at least 4 members (excludes halogenated alkanes) is 9. The van der Waals surface area contributed by atoms with Crippen molar-refractivity contribution in [1.29, 1.82) is 0 Å². The van der Waals surface area contributed by atoms with Crippen LogP contribution in [0.25, 0.3) is 0 Å². The van der Waals surface area contributed by atoms with Crippen molar-refractivity contribution in [2.24, 2.45) is 0 Å². The van der Waals surface area contributed by atoms with Gasteiger partial charge in [0.25, 0.3) is 0 Å². The molecule has 0 aromatic heterocycles. The molecule has 0 bridgehead atoms. The van der Waals surface area contributed by atoms with Crippen LogP contribution >= 0.6 is 0 Å². The Morgan fingerprint density at radius 2 is 1.38 bits per heavy atom. The minimum Gasteiger partial charge on any atom is -0.393 e. The molecule has 1 N–H and O–H groups in total. The molecule has 0 amide bonds. The highest BCUT2D eigenvalue weighted by Gasteiger charge is 2.02. The van der Waals surface area contributed by atoms with Gasteiger partial charge in [0.2, 0.25) is 0 Å². The third-order valence-corrected chi connectivity index (χ3v) is 4.03. The van der Waals surface area contributed by atoms with Crippen LogP contribution in [0.5, 0.6) is 0 Å². The lowest BCUT2D eigenvalue weighted by molar-refractivity contribution is 0.152. The standard InChI is InChI=1S/C20H38O/c1-3-5-7-9-10-11-12-13-15-17-19-20(21)18-16-14-8-6-4-2/h4,8,14,20-21H,2-3,5-7,9-13,15-19H2,1H3. The number of rotatable bonds is 16. The van der Waals surface area contributed by atoms with E-state index in [0.717, 1.165) is 25.7 Å². The monoisotopic (exact) mass is 294 g/mol. The van der Waals surface area contributed by atoms with Gasteiger partial charge in [0.15, 0.2) is 0 Å². The van der Waals surface area contributed by atoms with Crippen LogP contribution in [0.15, 0.2) is 24.8 Å². The molecule has 0 aromatic carbocycles. The van der Waals surface area contributed by atoms with E-state index in [4.69, 9.17) is 0 Å². The average Bonchev–Trinajstić information content (AvgIpc) is 2.49. The maximum atomic E-state index is 9.87. The minimum atomic E-state index is -0.104. The van der Waals surface area contributed by atoms with Crippen molar-refractivity contribution in [3.05, 3.63) is 24.8 Å². The minimum absolute atomic E-state index is 0.104. The molecule has 21 heavy (non-hydrogen) atoms. The van der Waals surface area contributed by atoms with E-state index in [1.54, 1.807) is 0 Å². The van der Waals surface area contributed by atoms with Gasteiger partial charge in [0.05, 0.1) is 6.10 Å². The fourth-order valence-corrected chi connectivity index (χ4v) is 2.61. The smallest absolute Gasteiger partial charge is 0.0543 e. The van der Waals surface area contributed by atoms with E-state index >= 15 is 0 Å². The summed E-state index contributed by atoms with van der Waals surface area (Å²) in [5, 5.41) is 9.87. The number of hydrogen-bond donors (Lipinski definition) is 1. The van der Waals surface area contributed by atoms with Gasteiger partial charge in [-0.3, -0.25) is 0 Å². The van der Waals surface area contributed by atoms with Crippen LogP contribution in [0.1, 0.15) is 96.8 Å². The fourth-order valence-electron chi connectivity index (χ4n) is 2.61. The quantitative estimate of drug-likeness (QED) is 0.252. The van der Waals surface area contributed by atoms with Crippen LogP contribution in [0.4, 0.5) is 0 Å². The molecule has 0 spiro atoms. The largest absolute Gasteiger partial charge is 0.393 e. The predicted molar refractivity (Wildman–Crippen MR) is 95.7 cm³/mol. The molecule has 1 unspecified atom stereocenters. The summed E-state index contributed by atoms with van der Waals surface area (Å²) < 4.78 is 0. The van der Waals surface area contributed by atoms with Crippen LogP contribution in [0.2, 0.25) is 0 Å². The fraction of sp³-hybridized carbons (Fsp3) is 0.800. The van der Waals surface area contributed by atoms with Crippen LogP contribution in [0, 0.1) is 0 Å². The van der Waals surface area contributed by atoms with Gasteiger partial charge in [-0.05, 0) is 25.7 Å². The lowest BCUT2D eigenvalue weighted by Gasteiger charge is -2.08. The number of allylic oxidation sites excluding steroid dienone is 3. The van der Waals surface area contributed by atoms with Crippen molar-refractivity contribution < 1.29 is 5.11 Å². The van der Waals surface area contributed by atoms with Crippen molar-refractivity contribution in [3.8, 4) is 0 Å². The zero-order valence-corrected chi connectivity index (χ0v) is 14.4. The van der Waals surface area contributed by atoms with Crippen molar-refractivity contribution in [2.75, 3.05) is 0 Å². The molecule has 0 aliphatic carbocycles. The lowest BCUT2D eigenvalue weighted by Crippen LogP contribution is -2.05. The Balaban J connectivity index is 3.17. The summed E-state index contributed by atoms with van der Waals surface area (Å²) in [4.78, 5) is 0. The van der Waals surface area contributed by atoms with Gasteiger partial charge in [0, 0.05) is 0 Å². The second-order valence-corrected chi connectivity index (χ2v) is 6.20. The molecule has 0 saturated heterocycles. The third kappa shape index (κ3) is 17.4. The van der Waals surface area contributed by atoms with E-state index in [9.17, 15) is 5.11 Å². The number of aliphatic hydroxyl groups excluding tert-OH is 1. The zero-order chi connectivity index (χ0) is 15.6. The normalized spacial score (nSPS) is 12.9. The Labute approximate surface area is 133 Å². The molecule has 1 heteroatoms. The zero-order valence-electron chi connectivity index (χ0n) is 14.4. The summed E-state index contributed by atoms with van der Waals surface area (Å²) >= 11 is 0. The summed E-state index contributed by atoms with van der Waals surface area (Å²) in [6, 6.07) is 0. The topological polar surface area (TPSA) is 20.2 Å². The highest BCUT2D eigenvalue weighted by molar-refractivity contribution is 4.88. The second-order valence-electron chi connectivity index (χ2n) is 6.20. The molecular weight excluding hydrogens is 256 g/mol. The highest BCUT2D eigenvalue weighted by Crippen LogP contribution is 2.13. The van der Waals surface area contributed by atoms with Gasteiger partial charge in [-0.2, -0.15) is 0 Å². The molecule has 0 radical (unpaired) electrons. The molecule has 124 valence electrons. The first kappa shape index (κ1) is 20.4. The summed E-state index contributed by atoms with van der Waals surface area (Å²) in [6.07, 6.45) is 23.5. The highest BCUT2D eigenvalue weighted by atomic mass is 16.3.